The average molecular weight is 344 g/mol. The van der Waals surface area contributed by atoms with Crippen LogP contribution in [0.5, 0.6) is 0 Å². The molecule has 0 radical (unpaired) electrons. The van der Waals surface area contributed by atoms with Crippen LogP contribution in [0.15, 0.2) is 36.4 Å². The van der Waals surface area contributed by atoms with Crippen LogP contribution in [0, 0.1) is 6.92 Å². The second kappa shape index (κ2) is 5.70. The predicted molar refractivity (Wildman–Crippen MR) is 99.9 cm³/mol. The van der Waals surface area contributed by atoms with Gasteiger partial charge in [0, 0.05) is 9.75 Å². The molecule has 0 aliphatic carbocycles. The van der Waals surface area contributed by atoms with Gasteiger partial charge in [-0.05, 0) is 64.7 Å². The second-order valence-electron chi connectivity index (χ2n) is 7.69. The molecule has 1 aromatic heterocycles. The topological polar surface area (TPSA) is 38.7 Å². The van der Waals surface area contributed by atoms with Crippen LogP contribution in [0.2, 0.25) is 0 Å². The molecular weight excluding hydrogens is 319 g/mol. The van der Waals surface area contributed by atoms with Crippen molar-refractivity contribution in [2.45, 2.75) is 58.3 Å². The molecule has 0 saturated carbocycles. The first-order valence-corrected chi connectivity index (χ1v) is 9.10. The highest BCUT2D eigenvalue weighted by molar-refractivity contribution is 7.12. The first-order valence-electron chi connectivity index (χ1n) is 8.28. The minimum absolute atomic E-state index is 0.351. The number of hydrogen-bond donors (Lipinski definition) is 1. The van der Waals surface area contributed by atoms with Crippen molar-refractivity contribution in [1.82, 2.24) is 0 Å². The van der Waals surface area contributed by atoms with Crippen LogP contribution in [-0.2, 0) is 14.9 Å². The van der Waals surface area contributed by atoms with Crippen molar-refractivity contribution in [3.63, 3.8) is 0 Å². The number of benzene rings is 1. The highest BCUT2D eigenvalue weighted by Crippen LogP contribution is 2.37. The predicted octanol–water partition coefficient (Wildman–Crippen LogP) is 3.61. The molecule has 128 valence electrons. The summed E-state index contributed by atoms with van der Waals surface area (Å²) >= 11 is 1.62. The third kappa shape index (κ3) is 2.95. The summed E-state index contributed by atoms with van der Waals surface area (Å²) in [5.74, 6) is 0. The lowest BCUT2D eigenvalue weighted by atomic mass is 9.78. The Kier molecular flexibility index (Phi) is 4.20. The van der Waals surface area contributed by atoms with E-state index in [0.717, 1.165) is 15.9 Å². The van der Waals surface area contributed by atoms with Crippen LogP contribution in [0.1, 0.15) is 49.9 Å². The first kappa shape index (κ1) is 17.7. The van der Waals surface area contributed by atoms with Crippen LogP contribution < -0.4 is 5.46 Å². The van der Waals surface area contributed by atoms with E-state index in [0.29, 0.717) is 0 Å². The van der Waals surface area contributed by atoms with Crippen molar-refractivity contribution in [3.05, 3.63) is 51.7 Å². The Balaban J connectivity index is 1.84. The van der Waals surface area contributed by atoms with Gasteiger partial charge < -0.3 is 14.4 Å². The Morgan fingerprint density at radius 1 is 0.958 bits per heavy atom. The molecule has 3 rings (SSSR count). The SMILES string of the molecule is Cc1ccc(C(C)(O)c2ccc(B3OC(C)(C)C(C)(C)O3)cc2)s1. The lowest BCUT2D eigenvalue weighted by Crippen LogP contribution is -2.41. The van der Waals surface area contributed by atoms with Gasteiger partial charge in [0.1, 0.15) is 5.60 Å². The van der Waals surface area contributed by atoms with Gasteiger partial charge in [-0.2, -0.15) is 0 Å². The molecule has 1 saturated heterocycles. The molecule has 1 aliphatic rings. The highest BCUT2D eigenvalue weighted by atomic mass is 32.1. The van der Waals surface area contributed by atoms with E-state index in [1.54, 1.807) is 11.3 Å². The summed E-state index contributed by atoms with van der Waals surface area (Å²) in [6, 6.07) is 11.9. The van der Waals surface area contributed by atoms with Crippen LogP contribution >= 0.6 is 11.3 Å². The van der Waals surface area contributed by atoms with Crippen molar-refractivity contribution >= 4 is 23.9 Å². The quantitative estimate of drug-likeness (QED) is 0.865. The fourth-order valence-electron chi connectivity index (χ4n) is 2.78. The van der Waals surface area contributed by atoms with Crippen molar-refractivity contribution < 1.29 is 14.4 Å². The molecule has 5 heteroatoms. The summed E-state index contributed by atoms with van der Waals surface area (Å²) in [4.78, 5) is 2.14. The molecule has 1 atom stereocenters. The zero-order valence-corrected chi connectivity index (χ0v) is 16.0. The largest absolute Gasteiger partial charge is 0.494 e. The summed E-state index contributed by atoms with van der Waals surface area (Å²) in [7, 11) is -0.377. The fourth-order valence-corrected chi connectivity index (χ4v) is 3.72. The summed E-state index contributed by atoms with van der Waals surface area (Å²) in [5, 5.41) is 10.9. The Bertz CT molecular complexity index is 715. The highest BCUT2D eigenvalue weighted by Gasteiger charge is 2.51. The van der Waals surface area contributed by atoms with E-state index in [2.05, 4.69) is 0 Å². The van der Waals surface area contributed by atoms with Crippen molar-refractivity contribution in [2.24, 2.45) is 0 Å². The Morgan fingerprint density at radius 2 is 1.50 bits per heavy atom. The maximum absolute atomic E-state index is 10.9. The van der Waals surface area contributed by atoms with E-state index in [1.807, 2.05) is 77.9 Å². The van der Waals surface area contributed by atoms with Crippen LogP contribution in [-0.4, -0.2) is 23.4 Å². The molecule has 3 nitrogen and oxygen atoms in total. The first-order chi connectivity index (χ1) is 11.0. The Labute approximate surface area is 148 Å². The van der Waals surface area contributed by atoms with Gasteiger partial charge in [-0.3, -0.25) is 0 Å². The standard InChI is InChI=1S/C19H25BO3S/c1-13-7-12-16(24-13)19(6,21)14-8-10-15(11-9-14)20-22-17(2,3)18(4,5)23-20/h7-12,21H,1-6H3. The van der Waals surface area contributed by atoms with Gasteiger partial charge in [0.25, 0.3) is 0 Å². The maximum Gasteiger partial charge on any atom is 0.494 e. The minimum Gasteiger partial charge on any atom is -0.399 e. The van der Waals surface area contributed by atoms with E-state index >= 15 is 0 Å². The molecule has 1 N–H and O–H groups in total. The van der Waals surface area contributed by atoms with E-state index in [4.69, 9.17) is 9.31 Å². The molecule has 0 bridgehead atoms. The molecule has 1 aliphatic heterocycles. The normalized spacial score (nSPS) is 21.7. The average Bonchev–Trinajstić information content (AvgIpc) is 3.01. The third-order valence-electron chi connectivity index (χ3n) is 5.22. The van der Waals surface area contributed by atoms with E-state index in [9.17, 15) is 5.11 Å². The zero-order valence-electron chi connectivity index (χ0n) is 15.2. The second-order valence-corrected chi connectivity index (χ2v) is 8.98. The monoisotopic (exact) mass is 344 g/mol. The van der Waals surface area contributed by atoms with Crippen molar-refractivity contribution in [3.8, 4) is 0 Å². The number of thiophene rings is 1. The van der Waals surface area contributed by atoms with Gasteiger partial charge in [0.15, 0.2) is 0 Å². The Hall–Kier alpha value is -1.14. The molecule has 2 heterocycles. The number of rotatable bonds is 3. The summed E-state index contributed by atoms with van der Waals surface area (Å²) < 4.78 is 12.2. The smallest absolute Gasteiger partial charge is 0.399 e. The van der Waals surface area contributed by atoms with E-state index < -0.39 is 5.60 Å². The lowest BCUT2D eigenvalue weighted by molar-refractivity contribution is 0.00578. The van der Waals surface area contributed by atoms with Gasteiger partial charge >= 0.3 is 7.12 Å². The van der Waals surface area contributed by atoms with E-state index in [1.165, 1.54) is 4.88 Å². The molecule has 2 aromatic rings. The van der Waals surface area contributed by atoms with Crippen molar-refractivity contribution in [2.75, 3.05) is 0 Å². The number of aliphatic hydroxyl groups is 1. The molecule has 1 fully saturated rings. The number of aryl methyl sites for hydroxylation is 1. The van der Waals surface area contributed by atoms with Gasteiger partial charge in [-0.15, -0.1) is 11.3 Å². The van der Waals surface area contributed by atoms with Gasteiger partial charge in [-0.1, -0.05) is 24.3 Å². The van der Waals surface area contributed by atoms with Gasteiger partial charge in [-0.25, -0.2) is 0 Å². The minimum atomic E-state index is -0.993. The van der Waals surface area contributed by atoms with Gasteiger partial charge in [0.2, 0.25) is 0 Å². The lowest BCUT2D eigenvalue weighted by Gasteiger charge is -2.32. The third-order valence-corrected chi connectivity index (χ3v) is 6.43. The molecule has 1 unspecified atom stereocenters. The number of hydrogen-bond acceptors (Lipinski definition) is 4. The fraction of sp³-hybridized carbons (Fsp3) is 0.474. The van der Waals surface area contributed by atoms with E-state index in [-0.39, 0.29) is 18.3 Å². The zero-order chi connectivity index (χ0) is 17.8. The van der Waals surface area contributed by atoms with Crippen LogP contribution in [0.25, 0.3) is 0 Å². The Morgan fingerprint density at radius 3 is 1.96 bits per heavy atom. The van der Waals surface area contributed by atoms with Crippen LogP contribution in [0.4, 0.5) is 0 Å². The molecule has 0 spiro atoms. The summed E-state index contributed by atoms with van der Waals surface area (Å²) in [6.07, 6.45) is 0. The van der Waals surface area contributed by atoms with Crippen molar-refractivity contribution in [1.29, 1.82) is 0 Å². The van der Waals surface area contributed by atoms with Crippen LogP contribution in [0.3, 0.4) is 0 Å². The molecule has 24 heavy (non-hydrogen) atoms. The van der Waals surface area contributed by atoms with Gasteiger partial charge in [0.05, 0.1) is 11.2 Å². The molecular formula is C19H25BO3S. The molecule has 1 aromatic carbocycles. The summed E-state index contributed by atoms with van der Waals surface area (Å²) in [6.45, 7) is 12.1. The maximum atomic E-state index is 10.9. The summed E-state index contributed by atoms with van der Waals surface area (Å²) in [5.41, 5.74) is 0.139. The molecule has 0 amide bonds.